The predicted molar refractivity (Wildman–Crippen MR) is 79.6 cm³/mol. The van der Waals surface area contributed by atoms with E-state index in [9.17, 15) is 0 Å². The van der Waals surface area contributed by atoms with E-state index in [1.54, 1.807) is 11.8 Å². The fraction of sp³-hybridized carbons (Fsp3) is 0. The topological polar surface area (TPSA) is 0 Å². The van der Waals surface area contributed by atoms with Crippen LogP contribution in [0, 0.1) is 0 Å². The molecule has 0 nitrogen and oxygen atoms in total. The molecular formula is C16H13ClFeS. The molecule has 0 saturated carbocycles. The van der Waals surface area contributed by atoms with E-state index in [2.05, 4.69) is 12.1 Å². The minimum atomic E-state index is 0. The first-order valence-corrected chi connectivity index (χ1v) is 6.86. The van der Waals surface area contributed by atoms with Gasteiger partial charge in [-0.1, -0.05) is 11.6 Å². The van der Waals surface area contributed by atoms with Gasteiger partial charge in [0.15, 0.2) is 0 Å². The van der Waals surface area contributed by atoms with Crippen molar-refractivity contribution >= 4 is 23.4 Å². The molecule has 0 spiro atoms. The van der Waals surface area contributed by atoms with E-state index in [0.717, 1.165) is 5.02 Å². The van der Waals surface area contributed by atoms with Crippen molar-refractivity contribution in [2.45, 2.75) is 9.79 Å². The van der Waals surface area contributed by atoms with Crippen LogP contribution in [0.3, 0.4) is 0 Å². The van der Waals surface area contributed by atoms with Crippen molar-refractivity contribution in [3.63, 3.8) is 0 Å². The van der Waals surface area contributed by atoms with Gasteiger partial charge in [-0.3, -0.25) is 0 Å². The number of hydrogen-bond acceptors (Lipinski definition) is 1. The average molecular weight is 329 g/mol. The maximum Gasteiger partial charge on any atom is 2.00 e. The summed E-state index contributed by atoms with van der Waals surface area (Å²) < 4.78 is 0. The molecule has 0 aliphatic carbocycles. The molecule has 19 heavy (non-hydrogen) atoms. The van der Waals surface area contributed by atoms with Crippen LogP contribution >= 0.6 is 23.4 Å². The Hall–Kier alpha value is -0.921. The number of halogens is 1. The Balaban J connectivity index is 0.000000256. The molecule has 3 heteroatoms. The minimum Gasteiger partial charge on any atom is -0.214 e. The number of rotatable bonds is 2. The summed E-state index contributed by atoms with van der Waals surface area (Å²) in [4.78, 5) is 2.48. The Labute approximate surface area is 134 Å². The minimum absolute atomic E-state index is 0. The van der Waals surface area contributed by atoms with Crippen LogP contribution in [0.15, 0.2) is 88.7 Å². The third-order valence-electron chi connectivity index (χ3n) is 2.24. The van der Waals surface area contributed by atoms with Gasteiger partial charge in [-0.2, -0.15) is 36.4 Å². The first-order valence-electron chi connectivity index (χ1n) is 5.66. The van der Waals surface area contributed by atoms with E-state index < -0.39 is 0 Å². The normalized spacial score (nSPS) is 9.11. The second-order valence-electron chi connectivity index (χ2n) is 3.64. The third kappa shape index (κ3) is 6.17. The van der Waals surface area contributed by atoms with Crippen LogP contribution in [-0.2, 0) is 17.1 Å². The Morgan fingerprint density at radius 2 is 1.53 bits per heavy atom. The summed E-state index contributed by atoms with van der Waals surface area (Å²) in [6.07, 6.45) is 0. The third-order valence-corrected chi connectivity index (χ3v) is 3.50. The molecule has 0 heterocycles. The van der Waals surface area contributed by atoms with Crippen molar-refractivity contribution in [1.29, 1.82) is 0 Å². The molecular weight excluding hydrogens is 316 g/mol. The van der Waals surface area contributed by atoms with Crippen LogP contribution in [0.2, 0.25) is 5.02 Å². The van der Waals surface area contributed by atoms with Gasteiger partial charge in [-0.05, 0) is 24.3 Å². The average Bonchev–Trinajstić information content (AvgIpc) is 3.07. The predicted octanol–water partition coefficient (Wildman–Crippen LogP) is 5.61. The van der Waals surface area contributed by atoms with Gasteiger partial charge >= 0.3 is 17.1 Å². The number of hydrogen-bond donors (Lipinski definition) is 0. The second-order valence-corrected chi connectivity index (χ2v) is 5.22. The molecule has 0 unspecified atom stereocenters. The van der Waals surface area contributed by atoms with Crippen LogP contribution in [0.4, 0.5) is 0 Å². The fourth-order valence-corrected chi connectivity index (χ4v) is 2.35. The zero-order valence-electron chi connectivity index (χ0n) is 10.1. The zero-order chi connectivity index (χ0) is 12.6. The molecule has 3 aromatic carbocycles. The molecule has 0 amide bonds. The molecule has 3 rings (SSSR count). The monoisotopic (exact) mass is 328 g/mol. The smallest absolute Gasteiger partial charge is 0.214 e. The molecule has 0 aromatic heterocycles. The van der Waals surface area contributed by atoms with Gasteiger partial charge < -0.3 is 0 Å². The van der Waals surface area contributed by atoms with Crippen molar-refractivity contribution in [1.82, 2.24) is 0 Å². The van der Waals surface area contributed by atoms with Gasteiger partial charge in [0.1, 0.15) is 0 Å². The van der Waals surface area contributed by atoms with Gasteiger partial charge in [0.2, 0.25) is 0 Å². The molecule has 98 valence electrons. The van der Waals surface area contributed by atoms with Crippen molar-refractivity contribution in [2.24, 2.45) is 0 Å². The molecule has 0 atom stereocenters. The first kappa shape index (κ1) is 16.1. The Bertz CT molecular complexity index is 509. The van der Waals surface area contributed by atoms with Crippen LogP contribution in [0.5, 0.6) is 0 Å². The molecule has 0 aliphatic rings. The molecule has 0 fully saturated rings. The Morgan fingerprint density at radius 1 is 0.842 bits per heavy atom. The summed E-state index contributed by atoms with van der Waals surface area (Å²) in [7, 11) is 0. The van der Waals surface area contributed by atoms with Crippen molar-refractivity contribution in [2.75, 3.05) is 0 Å². The van der Waals surface area contributed by atoms with E-state index >= 15 is 0 Å². The van der Waals surface area contributed by atoms with E-state index in [-0.39, 0.29) is 17.1 Å². The van der Waals surface area contributed by atoms with Crippen molar-refractivity contribution in [3.8, 4) is 0 Å². The van der Waals surface area contributed by atoms with Gasteiger partial charge in [0, 0.05) is 9.92 Å². The van der Waals surface area contributed by atoms with Crippen molar-refractivity contribution < 1.29 is 17.1 Å². The van der Waals surface area contributed by atoms with Crippen LogP contribution in [0.1, 0.15) is 0 Å². The zero-order valence-corrected chi connectivity index (χ0v) is 12.8. The Morgan fingerprint density at radius 3 is 2.00 bits per heavy atom. The summed E-state index contributed by atoms with van der Waals surface area (Å²) in [6.45, 7) is 0. The van der Waals surface area contributed by atoms with Crippen LogP contribution in [0.25, 0.3) is 0 Å². The summed E-state index contributed by atoms with van der Waals surface area (Å²) in [5.41, 5.74) is 0. The molecule has 0 N–H and O–H groups in total. The summed E-state index contributed by atoms with van der Waals surface area (Å²) >= 11 is 7.53. The van der Waals surface area contributed by atoms with Crippen LogP contribution < -0.4 is 0 Å². The van der Waals surface area contributed by atoms with Crippen LogP contribution in [-0.4, -0.2) is 0 Å². The van der Waals surface area contributed by atoms with E-state index in [4.69, 9.17) is 11.6 Å². The molecule has 0 aliphatic heterocycles. The molecule has 0 saturated heterocycles. The molecule has 0 radical (unpaired) electrons. The van der Waals surface area contributed by atoms with Gasteiger partial charge in [0.05, 0.1) is 0 Å². The van der Waals surface area contributed by atoms with Gasteiger partial charge in [0.25, 0.3) is 0 Å². The maximum absolute atomic E-state index is 5.78. The molecule has 3 aromatic rings. The van der Waals surface area contributed by atoms with E-state index in [1.807, 2.05) is 66.7 Å². The summed E-state index contributed by atoms with van der Waals surface area (Å²) in [5, 5.41) is 0.784. The number of benzene rings is 1. The summed E-state index contributed by atoms with van der Waals surface area (Å²) in [6, 6.07) is 26.1. The molecule has 0 bridgehead atoms. The Kier molecular flexibility index (Phi) is 7.69. The fourth-order valence-electron chi connectivity index (χ4n) is 1.38. The quantitative estimate of drug-likeness (QED) is 0.435. The van der Waals surface area contributed by atoms with Crippen molar-refractivity contribution in [3.05, 3.63) is 83.9 Å². The van der Waals surface area contributed by atoms with E-state index in [0.29, 0.717) is 0 Å². The first-order chi connectivity index (χ1) is 8.84. The van der Waals surface area contributed by atoms with Gasteiger partial charge in [-0.15, -0.1) is 16.7 Å². The summed E-state index contributed by atoms with van der Waals surface area (Å²) in [5.74, 6) is 0. The largest absolute Gasteiger partial charge is 2.00 e. The van der Waals surface area contributed by atoms with Gasteiger partial charge in [-0.25, -0.2) is 18.2 Å². The second kappa shape index (κ2) is 9.06. The standard InChI is InChI=1S/C11H8ClS.C5H5.Fe/c12-9-5-7-11(8-6-9)13-10-3-1-2-4-10;1-2-4-5-3-1;/h1-8H;1-5H;/q2*-1;+2. The van der Waals surface area contributed by atoms with E-state index in [1.165, 1.54) is 9.79 Å². The maximum atomic E-state index is 5.78. The SMILES string of the molecule is Clc1ccc(Sc2ccc[cH-]2)cc1.[Fe+2].c1cc[cH-]c1.